The van der Waals surface area contributed by atoms with Crippen LogP contribution in [0.1, 0.15) is 41.2 Å². The van der Waals surface area contributed by atoms with E-state index >= 15 is 0 Å². The molecule has 0 fully saturated rings. The molecule has 8 heteroatoms. The predicted octanol–water partition coefficient (Wildman–Crippen LogP) is 5.37. The van der Waals surface area contributed by atoms with E-state index in [9.17, 15) is 0 Å². The molecule has 1 atom stereocenters. The molecule has 1 aliphatic rings. The van der Waals surface area contributed by atoms with Crippen molar-refractivity contribution in [1.82, 2.24) is 20.2 Å². The van der Waals surface area contributed by atoms with E-state index in [4.69, 9.17) is 8.83 Å². The third-order valence-electron chi connectivity index (χ3n) is 5.13. The Morgan fingerprint density at radius 3 is 2.93 bits per heavy atom. The largest absolute Gasteiger partial charge is 0.466 e. The van der Waals surface area contributed by atoms with Crippen molar-refractivity contribution in [1.29, 1.82) is 0 Å². The number of rotatable bonds is 4. The molecule has 0 saturated carbocycles. The van der Waals surface area contributed by atoms with Gasteiger partial charge in [0.15, 0.2) is 0 Å². The first-order chi connectivity index (χ1) is 13.6. The van der Waals surface area contributed by atoms with E-state index in [0.29, 0.717) is 17.5 Å². The summed E-state index contributed by atoms with van der Waals surface area (Å²) in [5, 5.41) is 10.6. The summed E-state index contributed by atoms with van der Waals surface area (Å²) in [6.07, 6.45) is 5.15. The topological polar surface area (TPSA) is 77.8 Å². The fraction of sp³-hybridized carbons (Fsp3) is 0.400. The number of thioether (sulfide) groups is 1. The number of nitrogens with zero attached hydrogens (tertiary/aromatic N) is 4. The average Bonchev–Trinajstić information content (AvgIpc) is 3.36. The number of fused-ring (bicyclic) bond motifs is 3. The molecule has 0 saturated heterocycles. The molecule has 0 N–H and O–H groups in total. The maximum Gasteiger partial charge on any atom is 0.251 e. The van der Waals surface area contributed by atoms with Crippen LogP contribution in [0.15, 0.2) is 26.3 Å². The summed E-state index contributed by atoms with van der Waals surface area (Å²) in [7, 11) is 0. The minimum atomic E-state index is 0.500. The molecule has 1 aliphatic carbocycles. The molecule has 0 bridgehead atoms. The van der Waals surface area contributed by atoms with Gasteiger partial charge in [-0.25, -0.2) is 9.97 Å². The zero-order chi connectivity index (χ0) is 19.3. The molecule has 4 heterocycles. The van der Waals surface area contributed by atoms with Crippen LogP contribution in [0.5, 0.6) is 0 Å². The van der Waals surface area contributed by atoms with Gasteiger partial charge in [0.1, 0.15) is 27.7 Å². The number of furan rings is 1. The second kappa shape index (κ2) is 7.00. The van der Waals surface area contributed by atoms with Gasteiger partial charge < -0.3 is 8.83 Å². The monoisotopic (exact) mass is 412 g/mol. The normalized spacial score (nSPS) is 16.6. The van der Waals surface area contributed by atoms with Gasteiger partial charge in [-0.1, -0.05) is 18.7 Å². The minimum absolute atomic E-state index is 0.500. The molecule has 0 aromatic carbocycles. The summed E-state index contributed by atoms with van der Waals surface area (Å²) in [4.78, 5) is 11.6. The molecule has 0 unspecified atom stereocenters. The van der Waals surface area contributed by atoms with Gasteiger partial charge in [0.2, 0.25) is 5.89 Å². The van der Waals surface area contributed by atoms with Gasteiger partial charge in [-0.2, -0.15) is 0 Å². The lowest BCUT2D eigenvalue weighted by molar-refractivity contribution is 0.499. The number of thiophene rings is 1. The molecular formula is C20H20N4O2S2. The SMILES string of the molecule is Cc1cc(-c2nnc(CSc3ncnc4sc5c(c34)CC[C@H](C)C5)o2)c(C)o1. The summed E-state index contributed by atoms with van der Waals surface area (Å²) in [5.74, 6) is 4.04. The molecular weight excluding hydrogens is 392 g/mol. The average molecular weight is 413 g/mol. The van der Waals surface area contributed by atoms with E-state index in [1.165, 1.54) is 22.2 Å². The Labute approximate surface area is 170 Å². The van der Waals surface area contributed by atoms with Crippen LogP contribution in [0.25, 0.3) is 21.7 Å². The fourth-order valence-electron chi connectivity index (χ4n) is 3.75. The Bertz CT molecular complexity index is 1160. The van der Waals surface area contributed by atoms with Gasteiger partial charge in [0.05, 0.1) is 11.3 Å². The van der Waals surface area contributed by atoms with Crippen LogP contribution >= 0.6 is 23.1 Å². The van der Waals surface area contributed by atoms with Crippen molar-refractivity contribution in [3.05, 3.63) is 40.2 Å². The van der Waals surface area contributed by atoms with E-state index in [2.05, 4.69) is 27.1 Å². The summed E-state index contributed by atoms with van der Waals surface area (Å²) in [5.41, 5.74) is 2.30. The Kier molecular flexibility index (Phi) is 4.47. The van der Waals surface area contributed by atoms with Gasteiger partial charge in [-0.3, -0.25) is 0 Å². The number of aromatic nitrogens is 4. The molecule has 4 aromatic heterocycles. The fourth-order valence-corrected chi connectivity index (χ4v) is 6.03. The van der Waals surface area contributed by atoms with Crippen molar-refractivity contribution in [3.8, 4) is 11.5 Å². The highest BCUT2D eigenvalue weighted by Crippen LogP contribution is 2.41. The first-order valence-electron chi connectivity index (χ1n) is 9.36. The third-order valence-corrected chi connectivity index (χ3v) is 7.26. The van der Waals surface area contributed by atoms with Crippen LogP contribution in [-0.2, 0) is 18.6 Å². The Morgan fingerprint density at radius 2 is 2.11 bits per heavy atom. The van der Waals surface area contributed by atoms with Crippen LogP contribution in [0.2, 0.25) is 0 Å². The van der Waals surface area contributed by atoms with Crippen LogP contribution in [0.3, 0.4) is 0 Å². The van der Waals surface area contributed by atoms with Crippen LogP contribution in [0, 0.1) is 19.8 Å². The van der Waals surface area contributed by atoms with Crippen LogP contribution in [-0.4, -0.2) is 20.2 Å². The number of aryl methyl sites for hydroxylation is 3. The highest BCUT2D eigenvalue weighted by atomic mass is 32.2. The molecule has 0 radical (unpaired) electrons. The quantitative estimate of drug-likeness (QED) is 0.329. The Hall–Kier alpha value is -2.19. The van der Waals surface area contributed by atoms with Crippen molar-refractivity contribution in [3.63, 3.8) is 0 Å². The van der Waals surface area contributed by atoms with E-state index in [1.54, 1.807) is 18.1 Å². The standard InChI is InChI=1S/C20H20N4O2S2/c1-10-4-5-13-15(6-10)28-20-17(13)19(21-9-22-20)27-8-16-23-24-18(26-16)14-7-11(2)25-12(14)3/h7,9-10H,4-6,8H2,1-3H3/t10-/m0/s1. The van der Waals surface area contributed by atoms with Crippen molar-refractivity contribution in [2.24, 2.45) is 5.92 Å². The molecule has 0 aliphatic heterocycles. The lowest BCUT2D eigenvalue weighted by atomic mass is 9.89. The summed E-state index contributed by atoms with van der Waals surface area (Å²) >= 11 is 3.45. The van der Waals surface area contributed by atoms with Gasteiger partial charge in [-0.05, 0) is 50.7 Å². The highest BCUT2D eigenvalue weighted by molar-refractivity contribution is 7.98. The molecule has 6 nitrogen and oxygen atoms in total. The zero-order valence-corrected chi connectivity index (χ0v) is 17.6. The second-order valence-electron chi connectivity index (χ2n) is 7.33. The van der Waals surface area contributed by atoms with Gasteiger partial charge in [0.25, 0.3) is 5.89 Å². The maximum atomic E-state index is 5.86. The van der Waals surface area contributed by atoms with Gasteiger partial charge in [-0.15, -0.1) is 21.5 Å². The first kappa shape index (κ1) is 17.9. The van der Waals surface area contributed by atoms with Crippen LogP contribution < -0.4 is 0 Å². The van der Waals surface area contributed by atoms with Crippen molar-refractivity contribution in [2.45, 2.75) is 50.8 Å². The molecule has 0 amide bonds. The van der Waals surface area contributed by atoms with Crippen molar-refractivity contribution >= 4 is 33.3 Å². The lowest BCUT2D eigenvalue weighted by Gasteiger charge is -2.18. The first-order valence-corrected chi connectivity index (χ1v) is 11.2. The maximum absolute atomic E-state index is 5.86. The predicted molar refractivity (Wildman–Crippen MR) is 110 cm³/mol. The second-order valence-corrected chi connectivity index (χ2v) is 9.37. The Morgan fingerprint density at radius 1 is 1.21 bits per heavy atom. The van der Waals surface area contributed by atoms with Crippen molar-refractivity contribution < 1.29 is 8.83 Å². The Balaban J connectivity index is 1.40. The molecule has 144 valence electrons. The number of hydrogen-bond acceptors (Lipinski definition) is 8. The van der Waals surface area contributed by atoms with E-state index in [1.807, 2.05) is 31.3 Å². The van der Waals surface area contributed by atoms with E-state index in [-0.39, 0.29) is 0 Å². The summed E-state index contributed by atoms with van der Waals surface area (Å²) in [6.45, 7) is 6.14. The van der Waals surface area contributed by atoms with E-state index in [0.717, 1.165) is 45.7 Å². The lowest BCUT2D eigenvalue weighted by Crippen LogP contribution is -2.08. The van der Waals surface area contributed by atoms with Gasteiger partial charge >= 0.3 is 0 Å². The molecule has 4 aromatic rings. The van der Waals surface area contributed by atoms with Crippen molar-refractivity contribution in [2.75, 3.05) is 0 Å². The zero-order valence-electron chi connectivity index (χ0n) is 16.0. The van der Waals surface area contributed by atoms with E-state index < -0.39 is 0 Å². The van der Waals surface area contributed by atoms with Crippen LogP contribution in [0.4, 0.5) is 0 Å². The molecule has 5 rings (SSSR count). The molecule has 28 heavy (non-hydrogen) atoms. The number of hydrogen-bond donors (Lipinski definition) is 0. The summed E-state index contributed by atoms with van der Waals surface area (Å²) in [6, 6.07) is 1.92. The minimum Gasteiger partial charge on any atom is -0.466 e. The summed E-state index contributed by atoms with van der Waals surface area (Å²) < 4.78 is 11.4. The molecule has 0 spiro atoms. The third kappa shape index (κ3) is 3.14. The smallest absolute Gasteiger partial charge is 0.251 e. The van der Waals surface area contributed by atoms with Gasteiger partial charge in [0, 0.05) is 10.3 Å². The highest BCUT2D eigenvalue weighted by Gasteiger charge is 2.23.